The van der Waals surface area contributed by atoms with Crippen molar-refractivity contribution in [2.24, 2.45) is 5.92 Å². The van der Waals surface area contributed by atoms with Crippen molar-refractivity contribution < 1.29 is 8.83 Å². The molecular formula is C52H47NO2. The van der Waals surface area contributed by atoms with Crippen molar-refractivity contribution in [1.82, 2.24) is 0 Å². The lowest BCUT2D eigenvalue weighted by molar-refractivity contribution is 0.564. The maximum absolute atomic E-state index is 6.52. The fourth-order valence-electron chi connectivity index (χ4n) is 10.2. The Balaban J connectivity index is 0.921. The van der Waals surface area contributed by atoms with Gasteiger partial charge in [0.25, 0.3) is 0 Å². The minimum absolute atomic E-state index is 0.286. The lowest BCUT2D eigenvalue weighted by atomic mass is 9.79. The van der Waals surface area contributed by atoms with Gasteiger partial charge in [0.05, 0.1) is 0 Å². The smallest absolute Gasteiger partial charge is 0.138 e. The minimum atomic E-state index is 0.286. The van der Waals surface area contributed by atoms with Crippen LogP contribution in [0.3, 0.4) is 0 Å². The van der Waals surface area contributed by atoms with Crippen LogP contribution in [0.15, 0.2) is 153 Å². The van der Waals surface area contributed by atoms with E-state index in [-0.39, 0.29) is 5.92 Å². The summed E-state index contributed by atoms with van der Waals surface area (Å²) in [7, 11) is 0. The zero-order valence-electron chi connectivity index (χ0n) is 31.5. The quantitative estimate of drug-likeness (QED) is 0.164. The summed E-state index contributed by atoms with van der Waals surface area (Å²) in [5.41, 5.74) is 15.5. The molecule has 3 nitrogen and oxygen atoms in total. The summed E-state index contributed by atoms with van der Waals surface area (Å²) < 4.78 is 13.0. The highest BCUT2D eigenvalue weighted by Crippen LogP contribution is 2.42. The number of furan rings is 2. The molecule has 5 aromatic rings. The van der Waals surface area contributed by atoms with E-state index in [0.717, 1.165) is 80.1 Å². The van der Waals surface area contributed by atoms with Crippen LogP contribution in [0.25, 0.3) is 39.7 Å². The number of para-hydroxylation sites is 2. The van der Waals surface area contributed by atoms with Crippen molar-refractivity contribution in [2.75, 3.05) is 4.90 Å². The molecule has 0 radical (unpaired) electrons. The maximum atomic E-state index is 6.52. The first kappa shape index (κ1) is 32.9. The Labute approximate surface area is 323 Å². The lowest BCUT2D eigenvalue weighted by Crippen LogP contribution is -2.36. The van der Waals surface area contributed by atoms with E-state index in [4.69, 9.17) is 8.83 Å². The number of aryl methyl sites for hydroxylation is 1. The summed E-state index contributed by atoms with van der Waals surface area (Å²) in [6.07, 6.45) is 38.4. The fourth-order valence-corrected chi connectivity index (χ4v) is 10.2. The fraction of sp³-hybridized carbons (Fsp3) is 0.269. The van der Waals surface area contributed by atoms with Gasteiger partial charge in [-0.3, -0.25) is 0 Å². The second-order valence-corrected chi connectivity index (χ2v) is 16.3. The molecule has 2 aromatic heterocycles. The van der Waals surface area contributed by atoms with Gasteiger partial charge in [-0.15, -0.1) is 0 Å². The van der Waals surface area contributed by atoms with Gasteiger partial charge in [-0.05, 0) is 118 Å². The van der Waals surface area contributed by atoms with Crippen LogP contribution in [0.1, 0.15) is 92.6 Å². The van der Waals surface area contributed by atoms with Crippen molar-refractivity contribution in [3.63, 3.8) is 0 Å². The van der Waals surface area contributed by atoms with E-state index >= 15 is 0 Å². The molecule has 272 valence electrons. The zero-order chi connectivity index (χ0) is 36.3. The molecule has 6 aliphatic rings. The summed E-state index contributed by atoms with van der Waals surface area (Å²) in [5, 5.41) is 3.75. The Morgan fingerprint density at radius 3 is 2.44 bits per heavy atom. The third-order valence-corrected chi connectivity index (χ3v) is 13.1. The Morgan fingerprint density at radius 2 is 1.55 bits per heavy atom. The third kappa shape index (κ3) is 5.79. The molecule has 0 amide bonds. The molecule has 0 spiro atoms. The van der Waals surface area contributed by atoms with Crippen molar-refractivity contribution in [1.29, 1.82) is 0 Å². The summed E-state index contributed by atoms with van der Waals surface area (Å²) >= 11 is 0. The predicted molar refractivity (Wildman–Crippen MR) is 227 cm³/mol. The normalized spacial score (nSPS) is 23.0. The number of benzene rings is 3. The topological polar surface area (TPSA) is 29.5 Å². The average molecular weight is 718 g/mol. The van der Waals surface area contributed by atoms with Gasteiger partial charge in [-0.1, -0.05) is 109 Å². The van der Waals surface area contributed by atoms with E-state index in [2.05, 4.69) is 138 Å². The van der Waals surface area contributed by atoms with Crippen LogP contribution in [0.2, 0.25) is 0 Å². The van der Waals surface area contributed by atoms with Crippen LogP contribution in [0.4, 0.5) is 5.69 Å². The Hall–Kier alpha value is -5.54. The van der Waals surface area contributed by atoms with Crippen molar-refractivity contribution in [3.8, 4) is 0 Å². The summed E-state index contributed by atoms with van der Waals surface area (Å²) in [6.45, 7) is 0. The average Bonchev–Trinajstić information content (AvgIpc) is 3.83. The second-order valence-electron chi connectivity index (χ2n) is 16.3. The van der Waals surface area contributed by atoms with E-state index in [1.165, 1.54) is 73.6 Å². The molecule has 3 heteroatoms. The van der Waals surface area contributed by atoms with Crippen LogP contribution in [0.5, 0.6) is 0 Å². The van der Waals surface area contributed by atoms with Gasteiger partial charge in [0.15, 0.2) is 0 Å². The number of hydrogen-bond acceptors (Lipinski definition) is 3. The molecule has 6 aliphatic carbocycles. The van der Waals surface area contributed by atoms with Crippen LogP contribution < -0.4 is 15.5 Å². The lowest BCUT2D eigenvalue weighted by Gasteiger charge is -2.38. The predicted octanol–water partition coefficient (Wildman–Crippen LogP) is 12.0. The summed E-state index contributed by atoms with van der Waals surface area (Å²) in [5.74, 6) is 1.95. The number of allylic oxidation sites excluding steroid dienone is 11. The Morgan fingerprint density at radius 1 is 0.655 bits per heavy atom. The summed E-state index contributed by atoms with van der Waals surface area (Å²) in [6, 6.07) is 25.0. The highest BCUT2D eigenvalue weighted by molar-refractivity contribution is 5.88. The SMILES string of the molecule is C1=CC2CC=C(C3=CCC(N(C4=CCC(c5cccc6c7c(oc56)C=CCC7)C=C4)c4ccc(C5=c6oc7ccccc7c6=CCC5)cc4)CC3)C=C2CC1. The van der Waals surface area contributed by atoms with Crippen LogP contribution in [-0.4, -0.2) is 6.04 Å². The molecule has 0 saturated heterocycles. The second kappa shape index (κ2) is 13.6. The molecule has 0 aliphatic heterocycles. The number of anilines is 1. The van der Waals surface area contributed by atoms with Gasteiger partial charge < -0.3 is 13.7 Å². The molecule has 55 heavy (non-hydrogen) atoms. The maximum Gasteiger partial charge on any atom is 0.138 e. The first-order valence-electron chi connectivity index (χ1n) is 20.7. The van der Waals surface area contributed by atoms with Crippen LogP contribution >= 0.6 is 0 Å². The van der Waals surface area contributed by atoms with E-state index in [9.17, 15) is 0 Å². The summed E-state index contributed by atoms with van der Waals surface area (Å²) in [4.78, 5) is 2.64. The highest BCUT2D eigenvalue weighted by atomic mass is 16.3. The molecule has 0 bridgehead atoms. The first-order chi connectivity index (χ1) is 27.2. The van der Waals surface area contributed by atoms with Gasteiger partial charge in [0, 0.05) is 62.0 Å². The van der Waals surface area contributed by atoms with Gasteiger partial charge in [0.1, 0.15) is 22.3 Å². The Kier molecular flexibility index (Phi) is 8.15. The third-order valence-electron chi connectivity index (χ3n) is 13.1. The largest absolute Gasteiger partial charge is 0.456 e. The number of hydrogen-bond donors (Lipinski definition) is 0. The molecule has 2 heterocycles. The van der Waals surface area contributed by atoms with E-state index in [1.807, 2.05) is 0 Å². The molecule has 3 aromatic carbocycles. The van der Waals surface area contributed by atoms with Crippen molar-refractivity contribution in [2.45, 2.75) is 82.6 Å². The van der Waals surface area contributed by atoms with Gasteiger partial charge >= 0.3 is 0 Å². The van der Waals surface area contributed by atoms with Crippen LogP contribution in [0, 0.1) is 5.92 Å². The standard InChI is InChI=1S/C52H47NO2/c1-2-10-38-33-39(20-19-34(38)9-1)35-21-27-40(28-22-35)53(41-29-23-36(24-30-41)43-13-7-15-47-45-11-3-5-17-49(45)54-51(43)47)42-31-25-37(26-32-42)44-14-8-16-48-46-12-4-6-18-50(46)55-52(44)48/h1,3,5-6,8-9,11,14-18,20-21,23-25,29-34,37,40H,2,4,7,10,12-13,19,22,26-28H2. The molecule has 0 saturated carbocycles. The van der Waals surface area contributed by atoms with Gasteiger partial charge in [-0.25, -0.2) is 0 Å². The Bertz CT molecular complexity index is 2700. The minimum Gasteiger partial charge on any atom is -0.456 e. The molecular weight excluding hydrogens is 671 g/mol. The first-order valence-corrected chi connectivity index (χ1v) is 20.7. The van der Waals surface area contributed by atoms with Gasteiger partial charge in [0.2, 0.25) is 0 Å². The van der Waals surface area contributed by atoms with E-state index in [0.29, 0.717) is 12.0 Å². The molecule has 3 unspecified atom stereocenters. The van der Waals surface area contributed by atoms with Gasteiger partial charge in [-0.2, -0.15) is 0 Å². The van der Waals surface area contributed by atoms with E-state index in [1.54, 1.807) is 5.57 Å². The number of nitrogens with zero attached hydrogens (tertiary/aromatic N) is 1. The molecule has 3 atom stereocenters. The van der Waals surface area contributed by atoms with Crippen molar-refractivity contribution in [3.05, 3.63) is 177 Å². The van der Waals surface area contributed by atoms with Crippen LogP contribution in [-0.2, 0) is 6.42 Å². The number of fused-ring (bicyclic) bond motifs is 7. The zero-order valence-corrected chi connectivity index (χ0v) is 31.5. The van der Waals surface area contributed by atoms with E-state index < -0.39 is 0 Å². The monoisotopic (exact) mass is 717 g/mol. The molecule has 0 N–H and O–H groups in total. The molecule has 0 fully saturated rings. The molecule has 11 rings (SSSR count). The highest BCUT2D eigenvalue weighted by Gasteiger charge is 2.29. The van der Waals surface area contributed by atoms with Crippen molar-refractivity contribution >= 4 is 45.4 Å². The number of rotatable bonds is 6.